The maximum atomic E-state index is 13.5. The molecule has 0 aliphatic carbocycles. The van der Waals surface area contributed by atoms with Gasteiger partial charge in [-0.1, -0.05) is 6.07 Å². The summed E-state index contributed by atoms with van der Waals surface area (Å²) in [6.07, 6.45) is 0. The molecule has 3 aromatic rings. The first-order chi connectivity index (χ1) is 12.5. The SMILES string of the molecule is COc1cc(=O)c(C(=O)Nc2ccc(F)cc2)nn1-c1cccc(F)c1. The number of ether oxygens (including phenoxy) is 1. The fourth-order valence-corrected chi connectivity index (χ4v) is 2.26. The molecule has 0 bridgehead atoms. The van der Waals surface area contributed by atoms with Crippen LogP contribution in [0.15, 0.2) is 59.4 Å². The quantitative estimate of drug-likeness (QED) is 0.779. The van der Waals surface area contributed by atoms with Crippen molar-refractivity contribution in [1.82, 2.24) is 9.78 Å². The Labute approximate surface area is 146 Å². The topological polar surface area (TPSA) is 73.2 Å². The lowest BCUT2D eigenvalue weighted by atomic mass is 10.2. The van der Waals surface area contributed by atoms with Crippen LogP contribution >= 0.6 is 0 Å². The molecule has 0 radical (unpaired) electrons. The van der Waals surface area contributed by atoms with Gasteiger partial charge in [0.1, 0.15) is 11.6 Å². The molecule has 0 atom stereocenters. The van der Waals surface area contributed by atoms with Gasteiger partial charge in [-0.2, -0.15) is 5.10 Å². The summed E-state index contributed by atoms with van der Waals surface area (Å²) in [6, 6.07) is 11.6. The highest BCUT2D eigenvalue weighted by Gasteiger charge is 2.17. The Bertz CT molecular complexity index is 1020. The van der Waals surface area contributed by atoms with Gasteiger partial charge in [-0.25, -0.2) is 13.5 Å². The number of rotatable bonds is 4. The van der Waals surface area contributed by atoms with Crippen molar-refractivity contribution in [2.75, 3.05) is 12.4 Å². The largest absolute Gasteiger partial charge is 0.481 e. The van der Waals surface area contributed by atoms with E-state index in [9.17, 15) is 18.4 Å². The predicted molar refractivity (Wildman–Crippen MR) is 90.7 cm³/mol. The monoisotopic (exact) mass is 357 g/mol. The lowest BCUT2D eigenvalue weighted by Crippen LogP contribution is -2.26. The molecule has 0 spiro atoms. The Balaban J connectivity index is 2.02. The summed E-state index contributed by atoms with van der Waals surface area (Å²) in [5.41, 5.74) is -0.517. The van der Waals surface area contributed by atoms with Crippen LogP contribution < -0.4 is 15.5 Å². The maximum absolute atomic E-state index is 13.5. The van der Waals surface area contributed by atoms with Gasteiger partial charge in [-0.05, 0) is 42.5 Å². The Morgan fingerprint density at radius 2 is 1.81 bits per heavy atom. The molecule has 132 valence electrons. The molecule has 0 unspecified atom stereocenters. The highest BCUT2D eigenvalue weighted by Crippen LogP contribution is 2.16. The van der Waals surface area contributed by atoms with Crippen LogP contribution in [0.3, 0.4) is 0 Å². The molecule has 6 nitrogen and oxygen atoms in total. The third kappa shape index (κ3) is 3.59. The molecule has 1 N–H and O–H groups in total. The number of amides is 1. The zero-order valence-corrected chi connectivity index (χ0v) is 13.6. The molecule has 1 aromatic heterocycles. The first-order valence-corrected chi connectivity index (χ1v) is 7.49. The highest BCUT2D eigenvalue weighted by molar-refractivity contribution is 6.02. The second kappa shape index (κ2) is 7.14. The molecule has 0 aliphatic rings. The number of hydrogen-bond acceptors (Lipinski definition) is 4. The number of nitrogens with zero attached hydrogens (tertiary/aromatic N) is 2. The number of hydrogen-bond donors (Lipinski definition) is 1. The minimum absolute atomic E-state index is 0.0407. The van der Waals surface area contributed by atoms with Crippen molar-refractivity contribution >= 4 is 11.6 Å². The normalized spacial score (nSPS) is 10.4. The second-order valence-corrected chi connectivity index (χ2v) is 5.25. The van der Waals surface area contributed by atoms with Crippen LogP contribution in [0.5, 0.6) is 5.88 Å². The van der Waals surface area contributed by atoms with E-state index in [4.69, 9.17) is 4.74 Å². The van der Waals surface area contributed by atoms with Gasteiger partial charge in [-0.15, -0.1) is 0 Å². The lowest BCUT2D eigenvalue weighted by molar-refractivity contribution is 0.101. The van der Waals surface area contributed by atoms with Gasteiger partial charge in [0.05, 0.1) is 18.9 Å². The van der Waals surface area contributed by atoms with Gasteiger partial charge < -0.3 is 10.1 Å². The molecular formula is C18H13F2N3O3. The molecule has 0 aliphatic heterocycles. The van der Waals surface area contributed by atoms with Gasteiger partial charge in [-0.3, -0.25) is 9.59 Å². The van der Waals surface area contributed by atoms with E-state index >= 15 is 0 Å². The van der Waals surface area contributed by atoms with Crippen molar-refractivity contribution in [3.8, 4) is 11.6 Å². The van der Waals surface area contributed by atoms with Crippen molar-refractivity contribution in [3.05, 3.63) is 82.1 Å². The molecule has 1 amide bonds. The van der Waals surface area contributed by atoms with E-state index in [1.54, 1.807) is 6.07 Å². The van der Waals surface area contributed by atoms with Gasteiger partial charge in [0.15, 0.2) is 5.69 Å². The van der Waals surface area contributed by atoms with Crippen LogP contribution in [0, 0.1) is 11.6 Å². The predicted octanol–water partition coefficient (Wildman–Crippen LogP) is 2.77. The minimum atomic E-state index is -0.783. The summed E-state index contributed by atoms with van der Waals surface area (Å²) >= 11 is 0. The Hall–Kier alpha value is -3.55. The Morgan fingerprint density at radius 3 is 2.46 bits per heavy atom. The van der Waals surface area contributed by atoms with E-state index in [0.717, 1.165) is 10.7 Å². The number of carbonyl (C=O) groups excluding carboxylic acids is 1. The van der Waals surface area contributed by atoms with Crippen LogP contribution in [0.4, 0.5) is 14.5 Å². The molecule has 0 saturated carbocycles. The van der Waals surface area contributed by atoms with Crippen LogP contribution in [0.1, 0.15) is 10.5 Å². The van der Waals surface area contributed by atoms with Gasteiger partial charge in [0.25, 0.3) is 5.91 Å². The molecular weight excluding hydrogens is 344 g/mol. The maximum Gasteiger partial charge on any atom is 0.280 e. The number of anilines is 1. The fraction of sp³-hybridized carbons (Fsp3) is 0.0556. The summed E-state index contributed by atoms with van der Waals surface area (Å²) in [5.74, 6) is -1.71. The summed E-state index contributed by atoms with van der Waals surface area (Å²) in [5, 5.41) is 6.45. The number of aromatic nitrogens is 2. The summed E-state index contributed by atoms with van der Waals surface area (Å²) in [7, 11) is 1.32. The van der Waals surface area contributed by atoms with Crippen LogP contribution in [0.25, 0.3) is 5.69 Å². The molecule has 1 heterocycles. The highest BCUT2D eigenvalue weighted by atomic mass is 19.1. The number of benzene rings is 2. The Kier molecular flexibility index (Phi) is 4.74. The number of methoxy groups -OCH3 is 1. The zero-order valence-electron chi connectivity index (χ0n) is 13.6. The van der Waals surface area contributed by atoms with Crippen LogP contribution in [-0.4, -0.2) is 22.8 Å². The number of nitrogens with one attached hydrogen (secondary N) is 1. The van der Waals surface area contributed by atoms with Gasteiger partial charge in [0.2, 0.25) is 11.3 Å². The summed E-state index contributed by atoms with van der Waals surface area (Å²) < 4.78 is 32.7. The summed E-state index contributed by atoms with van der Waals surface area (Å²) in [4.78, 5) is 24.6. The van der Waals surface area contributed by atoms with Gasteiger partial charge in [0, 0.05) is 5.69 Å². The standard InChI is InChI=1S/C18H13F2N3O3/c1-26-16-10-15(24)17(18(25)21-13-7-5-11(19)6-8-13)22-23(16)14-4-2-3-12(20)9-14/h2-10H,1H3,(H,21,25). The zero-order chi connectivity index (χ0) is 18.7. The average Bonchev–Trinajstić information content (AvgIpc) is 2.63. The van der Waals surface area contributed by atoms with Crippen LogP contribution in [0.2, 0.25) is 0 Å². The fourth-order valence-electron chi connectivity index (χ4n) is 2.26. The van der Waals surface area contributed by atoms with Gasteiger partial charge >= 0.3 is 0 Å². The molecule has 3 rings (SSSR count). The van der Waals surface area contributed by atoms with Crippen molar-refractivity contribution in [3.63, 3.8) is 0 Å². The van der Waals surface area contributed by atoms with Crippen molar-refractivity contribution in [1.29, 1.82) is 0 Å². The molecule has 0 saturated heterocycles. The molecule has 0 fully saturated rings. The minimum Gasteiger partial charge on any atom is -0.481 e. The van der Waals surface area contributed by atoms with E-state index in [0.29, 0.717) is 5.69 Å². The lowest BCUT2D eigenvalue weighted by Gasteiger charge is -2.12. The second-order valence-electron chi connectivity index (χ2n) is 5.25. The molecule has 2 aromatic carbocycles. The average molecular weight is 357 g/mol. The van der Waals surface area contributed by atoms with E-state index in [1.165, 1.54) is 49.6 Å². The number of carbonyl (C=O) groups is 1. The Morgan fingerprint density at radius 1 is 1.08 bits per heavy atom. The number of halogens is 2. The first kappa shape index (κ1) is 17.3. The van der Waals surface area contributed by atoms with E-state index in [2.05, 4.69) is 10.4 Å². The van der Waals surface area contributed by atoms with E-state index in [1.807, 2.05) is 0 Å². The van der Waals surface area contributed by atoms with Crippen molar-refractivity contribution in [2.45, 2.75) is 0 Å². The third-order valence-corrected chi connectivity index (χ3v) is 3.48. The molecule has 8 heteroatoms. The van der Waals surface area contributed by atoms with Crippen molar-refractivity contribution in [2.24, 2.45) is 0 Å². The van der Waals surface area contributed by atoms with E-state index in [-0.39, 0.29) is 11.6 Å². The third-order valence-electron chi connectivity index (χ3n) is 3.48. The summed E-state index contributed by atoms with van der Waals surface area (Å²) in [6.45, 7) is 0. The van der Waals surface area contributed by atoms with Crippen LogP contribution in [-0.2, 0) is 0 Å². The van der Waals surface area contributed by atoms with Crippen molar-refractivity contribution < 1.29 is 18.3 Å². The van der Waals surface area contributed by atoms with E-state index < -0.39 is 28.7 Å². The smallest absolute Gasteiger partial charge is 0.280 e. The molecule has 26 heavy (non-hydrogen) atoms. The first-order valence-electron chi connectivity index (χ1n) is 7.49.